The van der Waals surface area contributed by atoms with Gasteiger partial charge in [-0.15, -0.1) is 0 Å². The van der Waals surface area contributed by atoms with E-state index in [1.165, 1.54) is 24.1 Å². The van der Waals surface area contributed by atoms with Crippen LogP contribution < -0.4 is 4.74 Å². The van der Waals surface area contributed by atoms with Gasteiger partial charge in [0.15, 0.2) is 6.10 Å². The molecule has 1 aliphatic rings. The highest BCUT2D eigenvalue weighted by atomic mass is 19.4. The average Bonchev–Trinajstić information content (AvgIpc) is 2.80. The smallest absolute Gasteiger partial charge is 0.416 e. The number of ether oxygens (including phenoxy) is 2. The molecule has 0 amide bonds. The molecule has 4 N–H and O–H groups in total. The van der Waals surface area contributed by atoms with E-state index < -0.39 is 54.5 Å². The van der Waals surface area contributed by atoms with Crippen molar-refractivity contribution in [1.82, 2.24) is 4.90 Å². The molecule has 1 saturated heterocycles. The van der Waals surface area contributed by atoms with Gasteiger partial charge in [-0.3, -0.25) is 4.90 Å². The zero-order valence-electron chi connectivity index (χ0n) is 18.2. The van der Waals surface area contributed by atoms with Crippen LogP contribution in [0.4, 0.5) is 13.2 Å². The van der Waals surface area contributed by atoms with Gasteiger partial charge >= 0.3 is 12.1 Å². The quantitative estimate of drug-likeness (QED) is 0.449. The molecule has 0 aliphatic carbocycles. The van der Waals surface area contributed by atoms with Crippen LogP contribution in [0.1, 0.15) is 23.7 Å². The van der Waals surface area contributed by atoms with Gasteiger partial charge in [-0.05, 0) is 36.9 Å². The standard InChI is InChI=1S/C23H26F3NO7/c1-27(21-19(30)17(28)18(29)20(34-21)22(31)32)12-11-16(13-5-3-2-4-6-13)33-15-9-7-14(8-10-15)23(24,25)26/h2-10,16-21,28-30H,11-12H2,1H3,(H,31,32)/t16?,17-,18-,19+,20-,21?/m0/s1. The minimum atomic E-state index is -4.47. The lowest BCUT2D eigenvalue weighted by Crippen LogP contribution is -2.63. The first kappa shape index (κ1) is 25.9. The molecule has 186 valence electrons. The van der Waals surface area contributed by atoms with Crippen LogP contribution in [0, 0.1) is 0 Å². The molecule has 1 fully saturated rings. The van der Waals surface area contributed by atoms with E-state index >= 15 is 0 Å². The molecule has 0 radical (unpaired) electrons. The summed E-state index contributed by atoms with van der Waals surface area (Å²) in [5, 5.41) is 39.4. The molecule has 0 bridgehead atoms. The van der Waals surface area contributed by atoms with Crippen LogP contribution in [0.25, 0.3) is 0 Å². The predicted octanol–water partition coefficient (Wildman–Crippen LogP) is 2.04. The van der Waals surface area contributed by atoms with E-state index in [0.717, 1.165) is 17.7 Å². The molecule has 2 aromatic carbocycles. The van der Waals surface area contributed by atoms with E-state index in [1.807, 2.05) is 0 Å². The molecule has 3 rings (SSSR count). The third kappa shape index (κ3) is 6.05. The third-order valence-electron chi connectivity index (χ3n) is 5.64. The maximum absolute atomic E-state index is 12.8. The lowest BCUT2D eigenvalue weighted by Gasteiger charge is -2.42. The second kappa shape index (κ2) is 10.7. The molecular weight excluding hydrogens is 459 g/mol. The summed E-state index contributed by atoms with van der Waals surface area (Å²) in [4.78, 5) is 12.8. The summed E-state index contributed by atoms with van der Waals surface area (Å²) >= 11 is 0. The summed E-state index contributed by atoms with van der Waals surface area (Å²) in [6.07, 6.45) is -12.8. The number of carboxylic acid groups (broad SMARTS) is 1. The van der Waals surface area contributed by atoms with E-state index in [0.29, 0.717) is 0 Å². The fourth-order valence-corrected chi connectivity index (χ4v) is 3.73. The molecule has 0 saturated carbocycles. The lowest BCUT2D eigenvalue weighted by molar-refractivity contribution is -0.256. The van der Waals surface area contributed by atoms with Crippen molar-refractivity contribution in [3.05, 3.63) is 65.7 Å². The summed E-state index contributed by atoms with van der Waals surface area (Å²) < 4.78 is 49.8. The van der Waals surface area contributed by atoms with Gasteiger partial charge in [-0.2, -0.15) is 13.2 Å². The average molecular weight is 485 g/mol. The summed E-state index contributed by atoms with van der Waals surface area (Å²) in [5.74, 6) is -1.26. The number of aliphatic hydroxyl groups is 3. The van der Waals surface area contributed by atoms with Crippen molar-refractivity contribution in [2.75, 3.05) is 13.6 Å². The van der Waals surface area contributed by atoms with Crippen LogP contribution in [-0.4, -0.2) is 75.5 Å². The Morgan fingerprint density at radius 2 is 1.65 bits per heavy atom. The Hall–Kier alpha value is -2.70. The second-order valence-electron chi connectivity index (χ2n) is 8.07. The van der Waals surface area contributed by atoms with Crippen LogP contribution in [0.3, 0.4) is 0 Å². The van der Waals surface area contributed by atoms with Crippen LogP contribution >= 0.6 is 0 Å². The monoisotopic (exact) mass is 485 g/mol. The van der Waals surface area contributed by atoms with Crippen molar-refractivity contribution in [2.24, 2.45) is 0 Å². The largest absolute Gasteiger partial charge is 0.486 e. The fraction of sp³-hybridized carbons (Fsp3) is 0.435. The van der Waals surface area contributed by atoms with Crippen LogP contribution in [0.15, 0.2) is 54.6 Å². The van der Waals surface area contributed by atoms with Gasteiger partial charge < -0.3 is 29.9 Å². The molecule has 34 heavy (non-hydrogen) atoms. The number of aliphatic carboxylic acids is 1. The SMILES string of the molecule is CN(CCC(Oc1ccc(C(F)(F)F)cc1)c1ccccc1)C1O[C@H](C(=O)O)[C@@H](O)[C@H](O)[C@H]1O. The molecule has 2 unspecified atom stereocenters. The van der Waals surface area contributed by atoms with Crippen molar-refractivity contribution in [3.63, 3.8) is 0 Å². The van der Waals surface area contributed by atoms with Gasteiger partial charge in [0.05, 0.1) is 5.56 Å². The summed E-state index contributed by atoms with van der Waals surface area (Å²) in [6, 6.07) is 13.3. The maximum Gasteiger partial charge on any atom is 0.416 e. The van der Waals surface area contributed by atoms with E-state index in [4.69, 9.17) is 9.47 Å². The lowest BCUT2D eigenvalue weighted by atomic mass is 9.97. The normalized spacial score (nSPS) is 26.3. The zero-order chi connectivity index (χ0) is 25.0. The zero-order valence-corrected chi connectivity index (χ0v) is 18.2. The molecule has 0 aromatic heterocycles. The molecule has 0 spiro atoms. The van der Waals surface area contributed by atoms with Crippen molar-refractivity contribution in [3.8, 4) is 5.75 Å². The van der Waals surface area contributed by atoms with E-state index in [2.05, 4.69) is 0 Å². The predicted molar refractivity (Wildman–Crippen MR) is 113 cm³/mol. The molecule has 11 heteroatoms. The Labute approximate surface area is 193 Å². The number of halogens is 3. The second-order valence-corrected chi connectivity index (χ2v) is 8.07. The van der Waals surface area contributed by atoms with Gasteiger partial charge in [0.2, 0.25) is 0 Å². The maximum atomic E-state index is 12.8. The first-order chi connectivity index (χ1) is 16.0. The Morgan fingerprint density at radius 1 is 1.03 bits per heavy atom. The van der Waals surface area contributed by atoms with Crippen LogP contribution in [-0.2, 0) is 15.7 Å². The van der Waals surface area contributed by atoms with Crippen molar-refractivity contribution < 1.29 is 47.9 Å². The number of aliphatic hydroxyl groups excluding tert-OH is 3. The highest BCUT2D eigenvalue weighted by molar-refractivity contribution is 5.73. The van der Waals surface area contributed by atoms with E-state index in [9.17, 15) is 38.4 Å². The van der Waals surface area contributed by atoms with Gasteiger partial charge in [0, 0.05) is 13.0 Å². The molecular formula is C23H26F3NO7. The Bertz CT molecular complexity index is 942. The van der Waals surface area contributed by atoms with Crippen molar-refractivity contribution in [2.45, 2.75) is 49.3 Å². The minimum absolute atomic E-state index is 0.192. The Morgan fingerprint density at radius 3 is 2.21 bits per heavy atom. The van der Waals surface area contributed by atoms with Crippen molar-refractivity contribution >= 4 is 5.97 Å². The topological polar surface area (TPSA) is 120 Å². The van der Waals surface area contributed by atoms with Gasteiger partial charge in [0.25, 0.3) is 0 Å². The Balaban J connectivity index is 1.72. The molecule has 6 atom stereocenters. The van der Waals surface area contributed by atoms with E-state index in [-0.39, 0.29) is 18.7 Å². The minimum Gasteiger partial charge on any atom is -0.486 e. The number of benzene rings is 2. The van der Waals surface area contributed by atoms with Crippen LogP contribution in [0.2, 0.25) is 0 Å². The summed E-state index contributed by atoms with van der Waals surface area (Å²) in [7, 11) is 1.54. The molecule has 1 aliphatic heterocycles. The Kier molecular flexibility index (Phi) is 8.16. The number of hydrogen-bond acceptors (Lipinski definition) is 7. The number of nitrogens with zero attached hydrogens (tertiary/aromatic N) is 1. The van der Waals surface area contributed by atoms with Gasteiger partial charge in [0.1, 0.15) is 36.4 Å². The van der Waals surface area contributed by atoms with Crippen molar-refractivity contribution in [1.29, 1.82) is 0 Å². The molecule has 1 heterocycles. The highest BCUT2D eigenvalue weighted by Crippen LogP contribution is 2.32. The summed E-state index contributed by atoms with van der Waals surface area (Å²) in [6.45, 7) is 0.192. The first-order valence-corrected chi connectivity index (χ1v) is 10.5. The first-order valence-electron chi connectivity index (χ1n) is 10.5. The third-order valence-corrected chi connectivity index (χ3v) is 5.64. The van der Waals surface area contributed by atoms with E-state index in [1.54, 1.807) is 30.3 Å². The number of alkyl halides is 3. The summed E-state index contributed by atoms with van der Waals surface area (Å²) in [5.41, 5.74) is -0.0483. The number of rotatable bonds is 8. The highest BCUT2D eigenvalue weighted by Gasteiger charge is 2.48. The van der Waals surface area contributed by atoms with Crippen LogP contribution in [0.5, 0.6) is 5.75 Å². The fourth-order valence-electron chi connectivity index (χ4n) is 3.73. The number of hydrogen-bond donors (Lipinski definition) is 4. The number of carbonyl (C=O) groups is 1. The molecule has 8 nitrogen and oxygen atoms in total. The van der Waals surface area contributed by atoms with Gasteiger partial charge in [-0.1, -0.05) is 30.3 Å². The van der Waals surface area contributed by atoms with Gasteiger partial charge in [-0.25, -0.2) is 4.79 Å². The number of likely N-dealkylation sites (N-methyl/N-ethyl adjacent to an activating group) is 1. The number of carboxylic acids is 1. The molecule has 2 aromatic rings.